The first kappa shape index (κ1) is 14.2. The van der Waals surface area contributed by atoms with Gasteiger partial charge >= 0.3 is 6.03 Å². The minimum Gasteiger partial charge on any atom is -0.494 e. The normalized spacial score (nSPS) is 9.94. The molecule has 3 N–H and O–H groups in total. The molecule has 0 aliphatic heterocycles. The van der Waals surface area contributed by atoms with E-state index in [1.165, 1.54) is 13.2 Å². The molecule has 2 amide bonds. The number of carbonyl (C=O) groups is 1. The van der Waals surface area contributed by atoms with Gasteiger partial charge in [-0.15, -0.1) is 0 Å². The number of carbonyl (C=O) groups excluding carboxylic acids is 1. The summed E-state index contributed by atoms with van der Waals surface area (Å²) in [6, 6.07) is 4.24. The smallest absolute Gasteiger partial charge is 0.314 e. The Bertz CT molecular complexity index is 399. The number of methoxy groups -OCH3 is 1. The summed E-state index contributed by atoms with van der Waals surface area (Å²) < 4.78 is 18.0. The van der Waals surface area contributed by atoms with Crippen LogP contribution in [0.25, 0.3) is 0 Å². The van der Waals surface area contributed by atoms with E-state index in [1.807, 2.05) is 0 Å². The van der Waals surface area contributed by atoms with Crippen molar-refractivity contribution in [3.63, 3.8) is 0 Å². The van der Waals surface area contributed by atoms with Crippen molar-refractivity contribution in [2.75, 3.05) is 26.8 Å². The van der Waals surface area contributed by atoms with Crippen LogP contribution < -0.4 is 15.4 Å². The molecular weight excluding hydrogens is 239 g/mol. The molecule has 0 saturated heterocycles. The maximum atomic E-state index is 13.1. The fraction of sp³-hybridized carbons (Fsp3) is 0.417. The number of nitrogens with one attached hydrogen (secondary N) is 2. The Morgan fingerprint density at radius 2 is 2.11 bits per heavy atom. The zero-order chi connectivity index (χ0) is 13.4. The third-order valence-electron chi connectivity index (χ3n) is 2.31. The van der Waals surface area contributed by atoms with Crippen molar-refractivity contribution in [3.05, 3.63) is 29.6 Å². The van der Waals surface area contributed by atoms with Crippen LogP contribution in [0.4, 0.5) is 9.18 Å². The lowest BCUT2D eigenvalue weighted by molar-refractivity contribution is 0.234. The largest absolute Gasteiger partial charge is 0.494 e. The predicted molar refractivity (Wildman–Crippen MR) is 65.1 cm³/mol. The zero-order valence-corrected chi connectivity index (χ0v) is 10.2. The fourth-order valence-electron chi connectivity index (χ4n) is 1.41. The molecule has 0 heterocycles. The first-order valence-corrected chi connectivity index (χ1v) is 5.62. The van der Waals surface area contributed by atoms with Gasteiger partial charge in [0.1, 0.15) is 0 Å². The molecule has 0 aromatic heterocycles. The summed E-state index contributed by atoms with van der Waals surface area (Å²) in [6.07, 6.45) is 0.573. The second kappa shape index (κ2) is 7.50. The highest BCUT2D eigenvalue weighted by Gasteiger charge is 2.04. The zero-order valence-electron chi connectivity index (χ0n) is 10.2. The number of hydrogen-bond acceptors (Lipinski definition) is 3. The minimum absolute atomic E-state index is 0.0947. The number of amides is 2. The molecule has 0 fully saturated rings. The summed E-state index contributed by atoms with van der Waals surface area (Å²) >= 11 is 0. The Kier molecular flexibility index (Phi) is 5.93. The number of benzene rings is 1. The molecule has 0 aliphatic rings. The lowest BCUT2D eigenvalue weighted by Gasteiger charge is -2.08. The van der Waals surface area contributed by atoms with E-state index < -0.39 is 5.82 Å². The Hall–Kier alpha value is -1.82. The van der Waals surface area contributed by atoms with Crippen LogP contribution in [-0.2, 0) is 6.42 Å². The van der Waals surface area contributed by atoms with Crippen LogP contribution in [0, 0.1) is 5.82 Å². The van der Waals surface area contributed by atoms with Gasteiger partial charge in [-0.3, -0.25) is 0 Å². The molecule has 0 radical (unpaired) electrons. The summed E-state index contributed by atoms with van der Waals surface area (Å²) in [5.74, 6) is -0.216. The molecule has 0 spiro atoms. The van der Waals surface area contributed by atoms with Crippen LogP contribution in [0.1, 0.15) is 5.56 Å². The Morgan fingerprint density at radius 1 is 1.39 bits per heavy atom. The van der Waals surface area contributed by atoms with Crippen LogP contribution in [0.2, 0.25) is 0 Å². The van der Waals surface area contributed by atoms with Crippen molar-refractivity contribution in [2.24, 2.45) is 0 Å². The van der Waals surface area contributed by atoms with Crippen LogP contribution in [0.15, 0.2) is 18.2 Å². The SMILES string of the molecule is COc1cc(CCNC(=O)NCCO)ccc1F. The summed E-state index contributed by atoms with van der Waals surface area (Å²) in [4.78, 5) is 11.2. The Morgan fingerprint density at radius 3 is 2.78 bits per heavy atom. The predicted octanol–water partition coefficient (Wildman–Crippen LogP) is 0.668. The van der Waals surface area contributed by atoms with Gasteiger partial charge in [0.15, 0.2) is 11.6 Å². The molecule has 0 unspecified atom stereocenters. The molecule has 5 nitrogen and oxygen atoms in total. The highest BCUT2D eigenvalue weighted by Crippen LogP contribution is 2.18. The van der Waals surface area contributed by atoms with Crippen LogP contribution >= 0.6 is 0 Å². The Labute approximate surface area is 105 Å². The molecule has 1 aromatic rings. The van der Waals surface area contributed by atoms with Gasteiger partial charge < -0.3 is 20.5 Å². The van der Waals surface area contributed by atoms with Gasteiger partial charge in [-0.05, 0) is 24.1 Å². The van der Waals surface area contributed by atoms with Gasteiger partial charge in [0.05, 0.1) is 13.7 Å². The molecule has 0 atom stereocenters. The van der Waals surface area contributed by atoms with E-state index in [0.717, 1.165) is 5.56 Å². The minimum atomic E-state index is -0.408. The quantitative estimate of drug-likeness (QED) is 0.700. The number of ether oxygens (including phenoxy) is 1. The topological polar surface area (TPSA) is 70.6 Å². The van der Waals surface area contributed by atoms with E-state index in [4.69, 9.17) is 9.84 Å². The third kappa shape index (κ3) is 4.58. The van der Waals surface area contributed by atoms with Gasteiger partial charge in [0.2, 0.25) is 0 Å². The number of aliphatic hydroxyl groups excluding tert-OH is 1. The molecule has 0 aliphatic carbocycles. The first-order valence-electron chi connectivity index (χ1n) is 5.62. The van der Waals surface area contributed by atoms with Crippen molar-refractivity contribution in [1.29, 1.82) is 0 Å². The third-order valence-corrected chi connectivity index (χ3v) is 2.31. The molecule has 0 bridgehead atoms. The standard InChI is InChI=1S/C12H17FN2O3/c1-18-11-8-9(2-3-10(11)13)4-5-14-12(17)15-6-7-16/h2-3,8,16H,4-7H2,1H3,(H2,14,15,17). The van der Waals surface area contributed by atoms with E-state index in [0.29, 0.717) is 13.0 Å². The van der Waals surface area contributed by atoms with Crippen molar-refractivity contribution < 1.29 is 19.0 Å². The second-order valence-corrected chi connectivity index (χ2v) is 3.63. The van der Waals surface area contributed by atoms with Gasteiger partial charge in [0, 0.05) is 13.1 Å². The molecule has 1 aromatic carbocycles. The van der Waals surface area contributed by atoms with E-state index in [1.54, 1.807) is 12.1 Å². The van der Waals surface area contributed by atoms with Crippen LogP contribution in [-0.4, -0.2) is 37.9 Å². The van der Waals surface area contributed by atoms with Gasteiger partial charge in [-0.2, -0.15) is 0 Å². The van der Waals surface area contributed by atoms with Crippen molar-refractivity contribution in [3.8, 4) is 5.75 Å². The number of halogens is 1. The first-order chi connectivity index (χ1) is 8.67. The van der Waals surface area contributed by atoms with Gasteiger partial charge in [0.25, 0.3) is 0 Å². The van der Waals surface area contributed by atoms with E-state index in [2.05, 4.69) is 10.6 Å². The maximum Gasteiger partial charge on any atom is 0.314 e. The fourth-order valence-corrected chi connectivity index (χ4v) is 1.41. The number of hydrogen-bond donors (Lipinski definition) is 3. The summed E-state index contributed by atoms with van der Waals surface area (Å²) in [7, 11) is 1.41. The summed E-state index contributed by atoms with van der Waals surface area (Å²) in [6.45, 7) is 0.546. The molecule has 100 valence electrons. The monoisotopic (exact) mass is 256 g/mol. The van der Waals surface area contributed by atoms with E-state index in [9.17, 15) is 9.18 Å². The highest BCUT2D eigenvalue weighted by atomic mass is 19.1. The Balaban J connectivity index is 2.37. The number of aliphatic hydroxyl groups is 1. The maximum absolute atomic E-state index is 13.1. The second-order valence-electron chi connectivity index (χ2n) is 3.63. The van der Waals surface area contributed by atoms with Gasteiger partial charge in [-0.1, -0.05) is 6.07 Å². The van der Waals surface area contributed by atoms with E-state index in [-0.39, 0.29) is 24.9 Å². The number of urea groups is 1. The molecular formula is C12H17FN2O3. The summed E-state index contributed by atoms with van der Waals surface area (Å²) in [5.41, 5.74) is 0.871. The van der Waals surface area contributed by atoms with Crippen LogP contribution in [0.5, 0.6) is 5.75 Å². The average Bonchev–Trinajstić information content (AvgIpc) is 2.38. The highest BCUT2D eigenvalue weighted by molar-refractivity contribution is 5.73. The van der Waals surface area contributed by atoms with Crippen molar-refractivity contribution in [1.82, 2.24) is 10.6 Å². The van der Waals surface area contributed by atoms with Crippen LogP contribution in [0.3, 0.4) is 0 Å². The van der Waals surface area contributed by atoms with Gasteiger partial charge in [-0.25, -0.2) is 9.18 Å². The molecule has 0 saturated carbocycles. The number of rotatable bonds is 6. The lowest BCUT2D eigenvalue weighted by atomic mass is 10.1. The van der Waals surface area contributed by atoms with Crippen molar-refractivity contribution >= 4 is 6.03 Å². The average molecular weight is 256 g/mol. The van der Waals surface area contributed by atoms with E-state index >= 15 is 0 Å². The summed E-state index contributed by atoms with van der Waals surface area (Å²) in [5, 5.41) is 13.6. The molecule has 6 heteroatoms. The lowest BCUT2D eigenvalue weighted by Crippen LogP contribution is -2.37. The molecule has 18 heavy (non-hydrogen) atoms. The van der Waals surface area contributed by atoms with Crippen molar-refractivity contribution in [2.45, 2.75) is 6.42 Å². The molecule has 1 rings (SSSR count).